The van der Waals surface area contributed by atoms with E-state index in [1.54, 1.807) is 0 Å². The molecule has 0 saturated carbocycles. The summed E-state index contributed by atoms with van der Waals surface area (Å²) < 4.78 is 0. The Bertz CT molecular complexity index is 250. The molecule has 92 valence electrons. The van der Waals surface area contributed by atoms with Crippen molar-refractivity contribution in [2.75, 3.05) is 0 Å². The van der Waals surface area contributed by atoms with Gasteiger partial charge < -0.3 is 10.6 Å². The lowest BCUT2D eigenvalue weighted by Crippen LogP contribution is -2.65. The van der Waals surface area contributed by atoms with Crippen molar-refractivity contribution in [3.8, 4) is 0 Å². The molecule has 2 amide bonds. The van der Waals surface area contributed by atoms with Crippen molar-refractivity contribution in [3.05, 3.63) is 0 Å². The largest absolute Gasteiger partial charge is 0.342 e. The van der Waals surface area contributed by atoms with Crippen molar-refractivity contribution < 1.29 is 9.59 Å². The van der Waals surface area contributed by atoms with E-state index < -0.39 is 0 Å². The first-order valence-corrected chi connectivity index (χ1v) is 6.12. The van der Waals surface area contributed by atoms with Gasteiger partial charge in [0, 0.05) is 0 Å². The van der Waals surface area contributed by atoms with Crippen LogP contribution in [0.25, 0.3) is 0 Å². The Balaban J connectivity index is 2.71. The van der Waals surface area contributed by atoms with Gasteiger partial charge in [-0.15, -0.1) is 0 Å². The average Bonchev–Trinajstić information content (AvgIpc) is 2.29. The molecule has 1 rings (SSSR count). The molecular weight excluding hydrogens is 204 g/mol. The fourth-order valence-electron chi connectivity index (χ4n) is 1.89. The van der Waals surface area contributed by atoms with Crippen LogP contribution in [-0.2, 0) is 9.59 Å². The van der Waals surface area contributed by atoms with Crippen LogP contribution in [0.1, 0.15) is 40.5 Å². The molecule has 4 heteroatoms. The van der Waals surface area contributed by atoms with Crippen molar-refractivity contribution in [1.82, 2.24) is 10.6 Å². The molecule has 0 radical (unpaired) electrons. The molecule has 0 aromatic carbocycles. The van der Waals surface area contributed by atoms with Gasteiger partial charge in [0.25, 0.3) is 0 Å². The average molecular weight is 226 g/mol. The van der Waals surface area contributed by atoms with E-state index in [0.29, 0.717) is 0 Å². The number of piperazine rings is 1. The third-order valence-electron chi connectivity index (χ3n) is 3.59. The van der Waals surface area contributed by atoms with E-state index in [1.807, 2.05) is 27.7 Å². The van der Waals surface area contributed by atoms with Crippen molar-refractivity contribution in [1.29, 1.82) is 0 Å². The lowest BCUT2D eigenvalue weighted by Gasteiger charge is -2.34. The highest BCUT2D eigenvalue weighted by atomic mass is 16.2. The summed E-state index contributed by atoms with van der Waals surface area (Å²) in [5.41, 5.74) is 0. The molecule has 4 atom stereocenters. The van der Waals surface area contributed by atoms with Crippen LogP contribution in [0.15, 0.2) is 0 Å². The Labute approximate surface area is 97.2 Å². The highest BCUT2D eigenvalue weighted by Gasteiger charge is 2.37. The maximum Gasteiger partial charge on any atom is 0.243 e. The van der Waals surface area contributed by atoms with E-state index >= 15 is 0 Å². The normalized spacial score (nSPS) is 29.2. The van der Waals surface area contributed by atoms with Crippen LogP contribution in [0.5, 0.6) is 0 Å². The Morgan fingerprint density at radius 3 is 1.50 bits per heavy atom. The van der Waals surface area contributed by atoms with E-state index in [1.165, 1.54) is 0 Å². The van der Waals surface area contributed by atoms with Gasteiger partial charge >= 0.3 is 0 Å². The quantitative estimate of drug-likeness (QED) is 0.753. The van der Waals surface area contributed by atoms with Crippen LogP contribution < -0.4 is 10.6 Å². The van der Waals surface area contributed by atoms with E-state index in [4.69, 9.17) is 0 Å². The van der Waals surface area contributed by atoms with E-state index in [0.717, 1.165) is 12.8 Å². The lowest BCUT2D eigenvalue weighted by atomic mass is 9.91. The van der Waals surface area contributed by atoms with Crippen molar-refractivity contribution >= 4 is 11.8 Å². The van der Waals surface area contributed by atoms with Gasteiger partial charge in [0.05, 0.1) is 0 Å². The second-order valence-corrected chi connectivity index (χ2v) is 4.74. The van der Waals surface area contributed by atoms with Crippen LogP contribution in [-0.4, -0.2) is 23.9 Å². The lowest BCUT2D eigenvalue weighted by molar-refractivity contribution is -0.139. The molecule has 0 aliphatic carbocycles. The highest BCUT2D eigenvalue weighted by Crippen LogP contribution is 2.16. The molecule has 0 aromatic heterocycles. The zero-order valence-corrected chi connectivity index (χ0v) is 10.5. The number of rotatable bonds is 4. The second-order valence-electron chi connectivity index (χ2n) is 4.74. The fourth-order valence-corrected chi connectivity index (χ4v) is 1.89. The van der Waals surface area contributed by atoms with Gasteiger partial charge in [0.15, 0.2) is 0 Å². The second kappa shape index (κ2) is 5.32. The smallest absolute Gasteiger partial charge is 0.243 e. The molecule has 4 nitrogen and oxygen atoms in total. The number of hydrogen-bond donors (Lipinski definition) is 2. The zero-order valence-electron chi connectivity index (χ0n) is 10.5. The first-order valence-electron chi connectivity index (χ1n) is 6.12. The van der Waals surface area contributed by atoms with Gasteiger partial charge in [-0.25, -0.2) is 0 Å². The Morgan fingerprint density at radius 1 is 0.938 bits per heavy atom. The molecule has 2 N–H and O–H groups in total. The van der Waals surface area contributed by atoms with Gasteiger partial charge in [0.1, 0.15) is 12.1 Å². The molecule has 0 spiro atoms. The Kier molecular flexibility index (Phi) is 4.33. The SMILES string of the molecule is CC[C@@H](C)[C@H]1NC(=O)[C@@H]([C@H](C)CC)NC1=O. The summed E-state index contributed by atoms with van der Waals surface area (Å²) in [5.74, 6) is 0.280. The molecule has 1 saturated heterocycles. The molecular formula is C12H22N2O2. The molecule has 16 heavy (non-hydrogen) atoms. The van der Waals surface area contributed by atoms with E-state index in [-0.39, 0.29) is 35.7 Å². The fraction of sp³-hybridized carbons (Fsp3) is 0.833. The van der Waals surface area contributed by atoms with Gasteiger partial charge in [-0.05, 0) is 11.8 Å². The van der Waals surface area contributed by atoms with E-state index in [9.17, 15) is 9.59 Å². The molecule has 0 bridgehead atoms. The van der Waals surface area contributed by atoms with Crippen molar-refractivity contribution in [2.45, 2.75) is 52.6 Å². The number of carbonyl (C=O) groups excluding carboxylic acids is 2. The monoisotopic (exact) mass is 226 g/mol. The highest BCUT2D eigenvalue weighted by molar-refractivity contribution is 5.97. The number of nitrogens with one attached hydrogen (secondary N) is 2. The third kappa shape index (κ3) is 2.54. The minimum Gasteiger partial charge on any atom is -0.342 e. The first kappa shape index (κ1) is 13.0. The van der Waals surface area contributed by atoms with Crippen LogP contribution >= 0.6 is 0 Å². The maximum absolute atomic E-state index is 11.8. The predicted molar refractivity (Wildman–Crippen MR) is 62.8 cm³/mol. The summed E-state index contributed by atoms with van der Waals surface area (Å²) >= 11 is 0. The van der Waals surface area contributed by atoms with Crippen molar-refractivity contribution in [3.63, 3.8) is 0 Å². The molecule has 0 unspecified atom stereocenters. The zero-order chi connectivity index (χ0) is 12.3. The summed E-state index contributed by atoms with van der Waals surface area (Å²) in [5, 5.41) is 5.66. The van der Waals surface area contributed by atoms with Gasteiger partial charge in [0.2, 0.25) is 11.8 Å². The molecule has 1 fully saturated rings. The minimum absolute atomic E-state index is 0.0424. The molecule has 1 aliphatic rings. The number of carbonyl (C=O) groups is 2. The summed E-state index contributed by atoms with van der Waals surface area (Å²) in [7, 11) is 0. The summed E-state index contributed by atoms with van der Waals surface area (Å²) in [6, 6.07) is -0.726. The number of hydrogen-bond acceptors (Lipinski definition) is 2. The van der Waals surface area contributed by atoms with Crippen LogP contribution in [0.3, 0.4) is 0 Å². The Morgan fingerprint density at radius 2 is 1.25 bits per heavy atom. The van der Waals surface area contributed by atoms with Crippen LogP contribution in [0.4, 0.5) is 0 Å². The topological polar surface area (TPSA) is 58.2 Å². The first-order chi connectivity index (χ1) is 7.51. The summed E-state index contributed by atoms with van der Waals surface area (Å²) in [4.78, 5) is 23.7. The van der Waals surface area contributed by atoms with Crippen molar-refractivity contribution in [2.24, 2.45) is 11.8 Å². The summed E-state index contributed by atoms with van der Waals surface area (Å²) in [6.45, 7) is 8.00. The predicted octanol–water partition coefficient (Wildman–Crippen LogP) is 1.06. The van der Waals surface area contributed by atoms with Crippen LogP contribution in [0.2, 0.25) is 0 Å². The minimum atomic E-state index is -0.363. The Hall–Kier alpha value is -1.06. The van der Waals surface area contributed by atoms with Crippen LogP contribution in [0, 0.1) is 11.8 Å². The summed E-state index contributed by atoms with van der Waals surface area (Å²) in [6.07, 6.45) is 1.76. The standard InChI is InChI=1S/C12H22N2O2/c1-5-7(3)9-11(15)14-10(8(4)6-2)12(16)13-9/h7-10H,5-6H2,1-4H3,(H,13,16)(H,14,15)/t7-,8-,9-,10-/m1/s1. The van der Waals surface area contributed by atoms with Gasteiger partial charge in [-0.1, -0.05) is 40.5 Å². The van der Waals surface area contributed by atoms with E-state index in [2.05, 4.69) is 10.6 Å². The third-order valence-corrected chi connectivity index (χ3v) is 3.59. The molecule has 0 aromatic rings. The number of amides is 2. The maximum atomic E-state index is 11.8. The van der Waals surface area contributed by atoms with Gasteiger partial charge in [-0.2, -0.15) is 0 Å². The van der Waals surface area contributed by atoms with Gasteiger partial charge in [-0.3, -0.25) is 9.59 Å². The molecule has 1 aliphatic heterocycles. The molecule has 1 heterocycles.